The Bertz CT molecular complexity index is 773. The van der Waals surface area contributed by atoms with Gasteiger partial charge in [-0.25, -0.2) is 0 Å². The van der Waals surface area contributed by atoms with Crippen LogP contribution in [0, 0.1) is 0 Å². The second-order valence-corrected chi connectivity index (χ2v) is 5.07. The van der Waals surface area contributed by atoms with Crippen LogP contribution in [-0.2, 0) is 0 Å². The molecule has 0 spiro atoms. The number of hydrogen-bond acceptors (Lipinski definition) is 3. The minimum Gasteiger partial charge on any atom is -0.398 e. The largest absolute Gasteiger partial charge is 0.398 e. The number of aliphatic hydroxyl groups is 1. The minimum absolute atomic E-state index is 0.483. The van der Waals surface area contributed by atoms with Crippen molar-refractivity contribution in [1.29, 1.82) is 0 Å². The number of pyridine rings is 1. The number of aliphatic hydroxyl groups excluding tert-OH is 1. The molecule has 1 heterocycles. The topological polar surface area (TPSA) is 59.1 Å². The van der Waals surface area contributed by atoms with Gasteiger partial charge in [0.25, 0.3) is 0 Å². The lowest BCUT2D eigenvalue weighted by molar-refractivity contribution is 0.221. The Labute approximate surface area is 121 Å². The van der Waals surface area contributed by atoms with E-state index in [-0.39, 0.29) is 0 Å². The molecular weight excluding hydrogens is 272 g/mol. The van der Waals surface area contributed by atoms with Crippen molar-refractivity contribution in [1.82, 2.24) is 4.98 Å². The summed E-state index contributed by atoms with van der Waals surface area (Å²) in [7, 11) is 0. The van der Waals surface area contributed by atoms with Gasteiger partial charge in [0.15, 0.2) is 0 Å². The van der Waals surface area contributed by atoms with E-state index in [1.165, 1.54) is 0 Å². The SMILES string of the molecule is Nc1cc(Cl)ccc1C(O)c1ccc2ncccc2c1. The fourth-order valence-corrected chi connectivity index (χ4v) is 2.42. The van der Waals surface area contributed by atoms with Crippen LogP contribution >= 0.6 is 11.6 Å². The van der Waals surface area contributed by atoms with Gasteiger partial charge in [-0.05, 0) is 35.9 Å². The number of hydrogen-bond donors (Lipinski definition) is 2. The molecule has 3 rings (SSSR count). The Morgan fingerprint density at radius 2 is 1.95 bits per heavy atom. The molecule has 1 aromatic heterocycles. The zero-order chi connectivity index (χ0) is 14.1. The van der Waals surface area contributed by atoms with E-state index >= 15 is 0 Å². The normalized spacial score (nSPS) is 12.5. The van der Waals surface area contributed by atoms with Gasteiger partial charge >= 0.3 is 0 Å². The molecule has 0 saturated carbocycles. The highest BCUT2D eigenvalue weighted by Crippen LogP contribution is 2.30. The van der Waals surface area contributed by atoms with Gasteiger partial charge in [0.1, 0.15) is 6.10 Å². The van der Waals surface area contributed by atoms with E-state index in [1.807, 2.05) is 30.3 Å². The Hall–Kier alpha value is -2.10. The summed E-state index contributed by atoms with van der Waals surface area (Å²) in [6.07, 6.45) is 0.965. The predicted octanol–water partition coefficient (Wildman–Crippen LogP) is 3.55. The number of benzene rings is 2. The summed E-state index contributed by atoms with van der Waals surface area (Å²) in [6, 6.07) is 14.6. The van der Waals surface area contributed by atoms with E-state index in [4.69, 9.17) is 17.3 Å². The molecule has 1 unspecified atom stereocenters. The van der Waals surface area contributed by atoms with Crippen LogP contribution in [0.2, 0.25) is 5.02 Å². The van der Waals surface area contributed by atoms with Crippen LogP contribution in [-0.4, -0.2) is 10.1 Å². The van der Waals surface area contributed by atoms with E-state index in [2.05, 4.69) is 4.98 Å². The van der Waals surface area contributed by atoms with Gasteiger partial charge < -0.3 is 10.8 Å². The van der Waals surface area contributed by atoms with Gasteiger partial charge in [0.05, 0.1) is 5.52 Å². The maximum atomic E-state index is 10.5. The fourth-order valence-electron chi connectivity index (χ4n) is 2.24. The van der Waals surface area contributed by atoms with Gasteiger partial charge in [-0.3, -0.25) is 4.98 Å². The number of rotatable bonds is 2. The van der Waals surface area contributed by atoms with E-state index in [9.17, 15) is 5.11 Å². The van der Waals surface area contributed by atoms with Crippen LogP contribution in [0.4, 0.5) is 5.69 Å². The molecule has 0 fully saturated rings. The maximum Gasteiger partial charge on any atom is 0.106 e. The van der Waals surface area contributed by atoms with Crippen LogP contribution in [0.1, 0.15) is 17.2 Å². The number of nitrogens with two attached hydrogens (primary N) is 1. The lowest BCUT2D eigenvalue weighted by Crippen LogP contribution is -2.03. The van der Waals surface area contributed by atoms with Crippen molar-refractivity contribution < 1.29 is 5.11 Å². The average Bonchev–Trinajstić information content (AvgIpc) is 2.46. The molecule has 100 valence electrons. The molecule has 3 aromatic rings. The quantitative estimate of drug-likeness (QED) is 0.708. The Kier molecular flexibility index (Phi) is 3.30. The van der Waals surface area contributed by atoms with Crippen LogP contribution in [0.3, 0.4) is 0 Å². The van der Waals surface area contributed by atoms with Crippen molar-refractivity contribution in [2.45, 2.75) is 6.10 Å². The van der Waals surface area contributed by atoms with Gasteiger partial charge in [-0.2, -0.15) is 0 Å². The van der Waals surface area contributed by atoms with Crippen LogP contribution < -0.4 is 5.73 Å². The molecule has 0 amide bonds. The minimum atomic E-state index is -0.781. The van der Waals surface area contributed by atoms with Crippen molar-refractivity contribution >= 4 is 28.2 Å². The first-order valence-corrected chi connectivity index (χ1v) is 6.60. The van der Waals surface area contributed by atoms with Crippen molar-refractivity contribution in [2.24, 2.45) is 0 Å². The van der Waals surface area contributed by atoms with Gasteiger partial charge in [0.2, 0.25) is 0 Å². The third kappa shape index (κ3) is 2.33. The number of aromatic nitrogens is 1. The Balaban J connectivity index is 2.05. The number of nitrogen functional groups attached to an aromatic ring is 1. The average molecular weight is 285 g/mol. The third-order valence-corrected chi connectivity index (χ3v) is 3.52. The first-order chi connectivity index (χ1) is 9.65. The molecule has 0 saturated heterocycles. The van der Waals surface area contributed by atoms with E-state index in [1.54, 1.807) is 24.4 Å². The predicted molar refractivity (Wildman–Crippen MR) is 81.7 cm³/mol. The molecular formula is C16H13ClN2O. The van der Waals surface area contributed by atoms with Crippen molar-refractivity contribution in [3.8, 4) is 0 Å². The zero-order valence-corrected chi connectivity index (χ0v) is 11.4. The summed E-state index contributed by atoms with van der Waals surface area (Å²) in [5, 5.41) is 12.0. The molecule has 0 radical (unpaired) electrons. The number of fused-ring (bicyclic) bond motifs is 1. The third-order valence-electron chi connectivity index (χ3n) is 3.29. The molecule has 3 nitrogen and oxygen atoms in total. The number of nitrogens with zero attached hydrogens (tertiary/aromatic N) is 1. The molecule has 0 aliphatic carbocycles. The highest BCUT2D eigenvalue weighted by Gasteiger charge is 2.14. The standard InChI is InChI=1S/C16H13ClN2O/c17-12-4-5-13(14(18)9-12)16(20)11-3-6-15-10(8-11)2-1-7-19-15/h1-9,16,20H,18H2. The molecule has 0 bridgehead atoms. The molecule has 0 aliphatic heterocycles. The summed E-state index contributed by atoms with van der Waals surface area (Å²) >= 11 is 5.88. The van der Waals surface area contributed by atoms with Crippen molar-refractivity contribution in [3.05, 3.63) is 70.9 Å². The number of halogens is 1. The van der Waals surface area contributed by atoms with Crippen molar-refractivity contribution in [3.63, 3.8) is 0 Å². The molecule has 4 heteroatoms. The fraction of sp³-hybridized carbons (Fsp3) is 0.0625. The van der Waals surface area contributed by atoms with E-state index in [0.29, 0.717) is 16.3 Å². The second-order valence-electron chi connectivity index (χ2n) is 4.63. The molecule has 0 aliphatic rings. The second kappa shape index (κ2) is 5.12. The lowest BCUT2D eigenvalue weighted by atomic mass is 9.98. The van der Waals surface area contributed by atoms with Gasteiger partial charge in [-0.1, -0.05) is 29.8 Å². The van der Waals surface area contributed by atoms with E-state index in [0.717, 1.165) is 16.5 Å². The Morgan fingerprint density at radius 3 is 2.75 bits per heavy atom. The van der Waals surface area contributed by atoms with Crippen LogP contribution in [0.5, 0.6) is 0 Å². The first-order valence-electron chi connectivity index (χ1n) is 6.23. The molecule has 3 N–H and O–H groups in total. The smallest absolute Gasteiger partial charge is 0.106 e. The zero-order valence-electron chi connectivity index (χ0n) is 10.6. The lowest BCUT2D eigenvalue weighted by Gasteiger charge is -2.14. The molecule has 1 atom stereocenters. The van der Waals surface area contributed by atoms with Gasteiger partial charge in [-0.15, -0.1) is 0 Å². The summed E-state index contributed by atoms with van der Waals surface area (Å²) < 4.78 is 0. The number of anilines is 1. The summed E-state index contributed by atoms with van der Waals surface area (Å²) in [4.78, 5) is 4.26. The maximum absolute atomic E-state index is 10.5. The summed E-state index contributed by atoms with van der Waals surface area (Å²) in [6.45, 7) is 0. The summed E-state index contributed by atoms with van der Waals surface area (Å²) in [5.41, 5.74) is 8.72. The molecule has 2 aromatic carbocycles. The monoisotopic (exact) mass is 284 g/mol. The van der Waals surface area contributed by atoms with Crippen LogP contribution in [0.15, 0.2) is 54.7 Å². The van der Waals surface area contributed by atoms with Crippen LogP contribution in [0.25, 0.3) is 10.9 Å². The summed E-state index contributed by atoms with van der Waals surface area (Å²) in [5.74, 6) is 0. The Morgan fingerprint density at radius 1 is 1.10 bits per heavy atom. The van der Waals surface area contributed by atoms with E-state index < -0.39 is 6.10 Å². The highest BCUT2D eigenvalue weighted by molar-refractivity contribution is 6.30. The highest BCUT2D eigenvalue weighted by atomic mass is 35.5. The first kappa shape index (κ1) is 12.9. The van der Waals surface area contributed by atoms with Crippen molar-refractivity contribution in [2.75, 3.05) is 5.73 Å². The van der Waals surface area contributed by atoms with Gasteiger partial charge in [0, 0.05) is 27.9 Å². The molecule has 20 heavy (non-hydrogen) atoms.